The zero-order valence-electron chi connectivity index (χ0n) is 18.3. The Morgan fingerprint density at radius 2 is 1.88 bits per heavy atom. The third-order valence-corrected chi connectivity index (χ3v) is 7.15. The first-order valence-corrected chi connectivity index (χ1v) is 12.1. The average Bonchev–Trinajstić information content (AvgIpc) is 2.84. The van der Waals surface area contributed by atoms with Gasteiger partial charge in [-0.1, -0.05) is 30.7 Å². The van der Waals surface area contributed by atoms with E-state index in [4.69, 9.17) is 5.73 Å². The number of nitriles is 1. The Morgan fingerprint density at radius 1 is 1.18 bits per heavy atom. The van der Waals surface area contributed by atoms with Crippen molar-refractivity contribution in [1.82, 2.24) is 15.4 Å². The predicted molar refractivity (Wildman–Crippen MR) is 124 cm³/mol. The number of piperidine rings is 1. The number of hydrogen-bond acceptors (Lipinski definition) is 6. The number of carbonyl (C=O) groups is 2. The van der Waals surface area contributed by atoms with Gasteiger partial charge in [0.1, 0.15) is 6.04 Å². The summed E-state index contributed by atoms with van der Waals surface area (Å²) in [6.45, 7) is 0.752. The molecule has 2 aromatic carbocycles. The Kier molecular flexibility index (Phi) is 7.81. The highest BCUT2D eigenvalue weighted by molar-refractivity contribution is 7.89. The number of benzene rings is 2. The number of amides is 2. The molecule has 9 nitrogen and oxygen atoms in total. The number of hydrogen-bond donors (Lipinski definition) is 4. The van der Waals surface area contributed by atoms with Crippen molar-refractivity contribution in [2.24, 2.45) is 5.73 Å². The zero-order valence-corrected chi connectivity index (χ0v) is 19.1. The highest BCUT2D eigenvalue weighted by Gasteiger charge is 2.25. The summed E-state index contributed by atoms with van der Waals surface area (Å²) in [5, 5.41) is 15.5. The lowest BCUT2D eigenvalue weighted by Crippen LogP contribution is -2.49. The predicted octanol–water partition coefficient (Wildman–Crippen LogP) is 1.05. The second-order valence-electron chi connectivity index (χ2n) is 7.87. The van der Waals surface area contributed by atoms with Crippen molar-refractivity contribution in [3.8, 4) is 17.2 Å². The quantitative estimate of drug-likeness (QED) is 0.453. The lowest BCUT2D eigenvalue weighted by atomic mass is 9.99. The maximum absolute atomic E-state index is 12.7. The van der Waals surface area contributed by atoms with Crippen LogP contribution in [-0.2, 0) is 21.2 Å². The van der Waals surface area contributed by atoms with E-state index in [1.807, 2.05) is 0 Å². The molecule has 1 aliphatic rings. The van der Waals surface area contributed by atoms with Gasteiger partial charge in [-0.2, -0.15) is 5.26 Å². The molecule has 10 heteroatoms. The van der Waals surface area contributed by atoms with Gasteiger partial charge in [0.2, 0.25) is 21.8 Å². The number of sulfonamides is 1. The summed E-state index contributed by atoms with van der Waals surface area (Å²) < 4.78 is 27.8. The normalized spacial score (nSPS) is 17.0. The molecule has 0 bridgehead atoms. The fourth-order valence-electron chi connectivity index (χ4n) is 3.79. The molecule has 2 atom stereocenters. The number of nitrogens with zero attached hydrogens (tertiary/aromatic N) is 1. The van der Waals surface area contributed by atoms with Crippen molar-refractivity contribution in [3.63, 3.8) is 0 Å². The molecule has 2 aromatic rings. The third-order valence-electron chi connectivity index (χ3n) is 5.65. The van der Waals surface area contributed by atoms with Crippen molar-refractivity contribution < 1.29 is 18.0 Å². The zero-order chi connectivity index (χ0) is 24.0. The molecule has 1 heterocycles. The van der Waals surface area contributed by atoms with Gasteiger partial charge in [-0.05, 0) is 61.3 Å². The summed E-state index contributed by atoms with van der Waals surface area (Å²) >= 11 is 0. The first-order chi connectivity index (χ1) is 15.7. The summed E-state index contributed by atoms with van der Waals surface area (Å²) in [7, 11) is -2.53. The van der Waals surface area contributed by atoms with Crippen LogP contribution in [0.4, 0.5) is 0 Å². The highest BCUT2D eigenvalue weighted by atomic mass is 32.2. The van der Waals surface area contributed by atoms with Crippen LogP contribution < -0.4 is 21.1 Å². The third kappa shape index (κ3) is 5.96. The molecule has 1 aliphatic heterocycles. The molecule has 5 N–H and O–H groups in total. The second kappa shape index (κ2) is 10.6. The molecule has 0 aliphatic carbocycles. The molecular formula is C23H27N5O4S. The Balaban J connectivity index is 1.88. The van der Waals surface area contributed by atoms with E-state index in [9.17, 15) is 23.3 Å². The van der Waals surface area contributed by atoms with Crippen LogP contribution in [0.15, 0.2) is 47.4 Å². The molecule has 1 fully saturated rings. The van der Waals surface area contributed by atoms with E-state index in [1.165, 1.54) is 13.1 Å². The fraction of sp³-hybridized carbons (Fsp3) is 0.348. The number of carbonyl (C=O) groups excluding carboxylic acids is 2. The van der Waals surface area contributed by atoms with Crippen LogP contribution in [0.25, 0.3) is 11.1 Å². The van der Waals surface area contributed by atoms with Gasteiger partial charge in [-0.15, -0.1) is 0 Å². The van der Waals surface area contributed by atoms with E-state index in [0.717, 1.165) is 19.4 Å². The number of rotatable bonds is 8. The monoisotopic (exact) mass is 469 g/mol. The van der Waals surface area contributed by atoms with Crippen molar-refractivity contribution in [1.29, 1.82) is 5.26 Å². The molecule has 0 unspecified atom stereocenters. The molecule has 174 valence electrons. The molecule has 3 rings (SSSR count). The van der Waals surface area contributed by atoms with E-state index in [0.29, 0.717) is 28.7 Å². The van der Waals surface area contributed by atoms with Gasteiger partial charge in [0.15, 0.2) is 0 Å². The number of nitrogens with one attached hydrogen (secondary N) is 3. The fourth-order valence-corrected chi connectivity index (χ4v) is 4.79. The number of nitrogens with two attached hydrogens (primary N) is 1. The van der Waals surface area contributed by atoms with Crippen molar-refractivity contribution in [2.45, 2.75) is 42.7 Å². The molecule has 0 saturated carbocycles. The second-order valence-corrected chi connectivity index (χ2v) is 9.72. The van der Waals surface area contributed by atoms with Crippen LogP contribution in [0.5, 0.6) is 0 Å². The van der Waals surface area contributed by atoms with Gasteiger partial charge in [-0.3, -0.25) is 9.59 Å². The summed E-state index contributed by atoms with van der Waals surface area (Å²) in [5.41, 5.74) is 7.35. The van der Waals surface area contributed by atoms with E-state index >= 15 is 0 Å². The van der Waals surface area contributed by atoms with Crippen molar-refractivity contribution in [2.75, 3.05) is 13.6 Å². The summed E-state index contributed by atoms with van der Waals surface area (Å²) in [6, 6.07) is 12.2. The molecule has 0 spiro atoms. The van der Waals surface area contributed by atoms with Gasteiger partial charge in [0, 0.05) is 12.0 Å². The minimum Gasteiger partial charge on any atom is -0.366 e. The summed E-state index contributed by atoms with van der Waals surface area (Å²) in [4.78, 5) is 23.8. The van der Waals surface area contributed by atoms with Crippen LogP contribution in [-0.4, -0.2) is 45.9 Å². The Morgan fingerprint density at radius 3 is 2.45 bits per heavy atom. The lowest BCUT2D eigenvalue weighted by molar-refractivity contribution is -0.124. The topological polar surface area (TPSA) is 154 Å². The molecule has 1 saturated heterocycles. The lowest BCUT2D eigenvalue weighted by Gasteiger charge is -2.24. The average molecular weight is 470 g/mol. The largest absolute Gasteiger partial charge is 0.366 e. The van der Waals surface area contributed by atoms with Crippen molar-refractivity contribution >= 4 is 21.8 Å². The minimum absolute atomic E-state index is 0.0202. The SMILES string of the molecule is CNS(=O)(=O)c1cc(-c2ccc(C(N)=O)cc2)ccc1C[C@@H](C#N)NC(=O)[C@@H]1CCCCN1. The van der Waals surface area contributed by atoms with Gasteiger partial charge in [0.25, 0.3) is 0 Å². The van der Waals surface area contributed by atoms with E-state index < -0.39 is 22.0 Å². The summed E-state index contributed by atoms with van der Waals surface area (Å²) in [6.07, 6.45) is 2.68. The van der Waals surface area contributed by atoms with Gasteiger partial charge in [0.05, 0.1) is 17.0 Å². The van der Waals surface area contributed by atoms with Crippen LogP contribution >= 0.6 is 0 Å². The Hall–Kier alpha value is -3.26. The van der Waals surface area contributed by atoms with Crippen molar-refractivity contribution in [3.05, 3.63) is 53.6 Å². The highest BCUT2D eigenvalue weighted by Crippen LogP contribution is 2.27. The van der Waals surface area contributed by atoms with Crippen LogP contribution in [0.3, 0.4) is 0 Å². The van der Waals surface area contributed by atoms with E-state index in [2.05, 4.69) is 21.4 Å². The maximum atomic E-state index is 12.7. The molecule has 33 heavy (non-hydrogen) atoms. The summed E-state index contributed by atoms with van der Waals surface area (Å²) in [5.74, 6) is -0.811. The number of primary amides is 1. The maximum Gasteiger partial charge on any atom is 0.248 e. The van der Waals surface area contributed by atoms with Gasteiger partial charge >= 0.3 is 0 Å². The molecular weight excluding hydrogens is 442 g/mol. The molecule has 0 aromatic heterocycles. The van der Waals surface area contributed by atoms with Gasteiger partial charge in [-0.25, -0.2) is 13.1 Å². The molecule has 0 radical (unpaired) electrons. The van der Waals surface area contributed by atoms with Crippen LogP contribution in [0.2, 0.25) is 0 Å². The Labute approximate surface area is 193 Å². The first-order valence-electron chi connectivity index (χ1n) is 10.6. The van der Waals surface area contributed by atoms with Crippen LogP contribution in [0, 0.1) is 11.3 Å². The first kappa shape index (κ1) is 24.4. The molecule has 2 amide bonds. The standard InChI is InChI=1S/C23H27N5O4S/c1-26-33(31,32)21-13-17(15-5-7-16(8-6-15)22(25)29)9-10-18(21)12-19(14-24)28-23(30)20-4-2-3-11-27-20/h5-10,13,19-20,26-27H,2-4,11-12H2,1H3,(H2,25,29)(H,28,30)/t19-,20-/m0/s1. The minimum atomic E-state index is -3.84. The van der Waals surface area contributed by atoms with Gasteiger partial charge < -0.3 is 16.4 Å². The smallest absolute Gasteiger partial charge is 0.248 e. The van der Waals surface area contributed by atoms with E-state index in [-0.39, 0.29) is 23.3 Å². The Bertz CT molecular complexity index is 1170. The van der Waals surface area contributed by atoms with Crippen LogP contribution in [0.1, 0.15) is 35.2 Å². The van der Waals surface area contributed by atoms with E-state index in [1.54, 1.807) is 36.4 Å².